The van der Waals surface area contributed by atoms with E-state index in [-0.39, 0.29) is 5.91 Å². The van der Waals surface area contributed by atoms with Crippen LogP contribution in [-0.2, 0) is 0 Å². The molecule has 0 radical (unpaired) electrons. The lowest BCUT2D eigenvalue weighted by atomic mass is 10.1. The van der Waals surface area contributed by atoms with Crippen LogP contribution in [-0.4, -0.2) is 22.4 Å². The highest BCUT2D eigenvalue weighted by Crippen LogP contribution is 2.24. The Balaban J connectivity index is 1.56. The summed E-state index contributed by atoms with van der Waals surface area (Å²) in [5.41, 5.74) is 4.28. The van der Waals surface area contributed by atoms with Crippen LogP contribution in [0.15, 0.2) is 73.1 Å². The first-order valence-electron chi connectivity index (χ1n) is 8.61. The fourth-order valence-electron chi connectivity index (χ4n) is 2.96. The maximum Gasteiger partial charge on any atom is 0.255 e. The zero-order valence-corrected chi connectivity index (χ0v) is 15.1. The lowest BCUT2D eigenvalue weighted by Gasteiger charge is -2.07. The highest BCUT2D eigenvalue weighted by atomic mass is 16.5. The molecule has 0 bridgehead atoms. The van der Waals surface area contributed by atoms with E-state index in [4.69, 9.17) is 10.00 Å². The van der Waals surface area contributed by atoms with Crippen molar-refractivity contribution >= 4 is 17.2 Å². The first-order valence-corrected chi connectivity index (χ1v) is 8.61. The minimum Gasteiger partial charge on any atom is -0.497 e. The van der Waals surface area contributed by atoms with Crippen LogP contribution in [0.5, 0.6) is 5.75 Å². The number of imidazole rings is 1. The SMILES string of the molecule is COc1ccn2c(-c3ccc(NC(=O)c4cccc(C#N)c4)cc3)cnc2c1. The van der Waals surface area contributed by atoms with Gasteiger partial charge in [-0.1, -0.05) is 18.2 Å². The number of hydrogen-bond acceptors (Lipinski definition) is 4. The number of ether oxygens (including phenoxy) is 1. The van der Waals surface area contributed by atoms with E-state index in [2.05, 4.69) is 10.3 Å². The molecule has 0 aliphatic rings. The molecule has 6 nitrogen and oxygen atoms in total. The van der Waals surface area contributed by atoms with Crippen molar-refractivity contribution in [3.63, 3.8) is 0 Å². The van der Waals surface area contributed by atoms with Gasteiger partial charge >= 0.3 is 0 Å². The Morgan fingerprint density at radius 2 is 1.96 bits per heavy atom. The van der Waals surface area contributed by atoms with Crippen LogP contribution in [0.1, 0.15) is 15.9 Å². The molecule has 0 aliphatic carbocycles. The number of pyridine rings is 1. The average molecular weight is 368 g/mol. The van der Waals surface area contributed by atoms with Crippen molar-refractivity contribution < 1.29 is 9.53 Å². The van der Waals surface area contributed by atoms with Crippen molar-refractivity contribution in [3.8, 4) is 23.1 Å². The Morgan fingerprint density at radius 1 is 1.14 bits per heavy atom. The minimum atomic E-state index is -0.258. The Kier molecular flexibility index (Phi) is 4.48. The number of anilines is 1. The summed E-state index contributed by atoms with van der Waals surface area (Å²) in [5, 5.41) is 11.8. The highest BCUT2D eigenvalue weighted by Gasteiger charge is 2.09. The fraction of sp³-hybridized carbons (Fsp3) is 0.0455. The molecule has 6 heteroatoms. The largest absolute Gasteiger partial charge is 0.497 e. The fourth-order valence-corrected chi connectivity index (χ4v) is 2.96. The number of benzene rings is 2. The van der Waals surface area contributed by atoms with Crippen LogP contribution >= 0.6 is 0 Å². The predicted octanol–water partition coefficient (Wildman–Crippen LogP) is 4.13. The van der Waals surface area contributed by atoms with Gasteiger partial charge in [-0.2, -0.15) is 5.26 Å². The van der Waals surface area contributed by atoms with Gasteiger partial charge in [0.25, 0.3) is 5.91 Å². The second-order valence-electron chi connectivity index (χ2n) is 6.16. The summed E-state index contributed by atoms with van der Waals surface area (Å²) in [4.78, 5) is 16.8. The van der Waals surface area contributed by atoms with E-state index in [0.717, 1.165) is 22.7 Å². The molecular formula is C22H16N4O2. The van der Waals surface area contributed by atoms with Gasteiger partial charge in [-0.25, -0.2) is 4.98 Å². The number of fused-ring (bicyclic) bond motifs is 1. The zero-order chi connectivity index (χ0) is 19.5. The number of nitriles is 1. The van der Waals surface area contributed by atoms with E-state index in [1.165, 1.54) is 0 Å². The first kappa shape index (κ1) is 17.3. The van der Waals surface area contributed by atoms with E-state index in [1.54, 1.807) is 37.6 Å². The summed E-state index contributed by atoms with van der Waals surface area (Å²) < 4.78 is 7.21. The van der Waals surface area contributed by atoms with E-state index < -0.39 is 0 Å². The topological polar surface area (TPSA) is 79.4 Å². The smallest absolute Gasteiger partial charge is 0.255 e. The molecule has 1 amide bonds. The number of carbonyl (C=O) groups is 1. The summed E-state index contributed by atoms with van der Waals surface area (Å²) in [6.07, 6.45) is 3.71. The van der Waals surface area contributed by atoms with Crippen LogP contribution in [0.25, 0.3) is 16.9 Å². The van der Waals surface area contributed by atoms with Gasteiger partial charge in [0.1, 0.15) is 11.4 Å². The number of rotatable bonds is 4. The van der Waals surface area contributed by atoms with Crippen LogP contribution in [0.2, 0.25) is 0 Å². The maximum atomic E-state index is 12.4. The van der Waals surface area contributed by atoms with Crippen molar-refractivity contribution in [2.24, 2.45) is 0 Å². The van der Waals surface area contributed by atoms with Gasteiger partial charge in [-0.3, -0.25) is 9.20 Å². The molecule has 2 aromatic carbocycles. The van der Waals surface area contributed by atoms with E-state index in [9.17, 15) is 4.79 Å². The summed E-state index contributed by atoms with van der Waals surface area (Å²) >= 11 is 0. The van der Waals surface area contributed by atoms with Crippen molar-refractivity contribution in [2.75, 3.05) is 12.4 Å². The van der Waals surface area contributed by atoms with E-state index >= 15 is 0 Å². The van der Waals surface area contributed by atoms with Gasteiger partial charge in [-0.05, 0) is 36.4 Å². The molecule has 2 heterocycles. The van der Waals surface area contributed by atoms with Crippen LogP contribution in [0, 0.1) is 11.3 Å². The molecule has 2 aromatic heterocycles. The third kappa shape index (κ3) is 3.29. The monoisotopic (exact) mass is 368 g/mol. The molecule has 0 saturated heterocycles. The number of amides is 1. The summed E-state index contributed by atoms with van der Waals surface area (Å²) in [5.74, 6) is 0.495. The zero-order valence-electron chi connectivity index (χ0n) is 15.1. The molecule has 0 aliphatic heterocycles. The minimum absolute atomic E-state index is 0.258. The Labute approximate surface area is 161 Å². The van der Waals surface area contributed by atoms with Crippen LogP contribution in [0.3, 0.4) is 0 Å². The van der Waals surface area contributed by atoms with Gasteiger partial charge in [0.2, 0.25) is 0 Å². The molecule has 4 rings (SSSR count). The third-order valence-corrected chi connectivity index (χ3v) is 4.41. The molecule has 0 atom stereocenters. The van der Waals surface area contributed by atoms with Crippen molar-refractivity contribution in [2.45, 2.75) is 0 Å². The Hall–Kier alpha value is -4.11. The van der Waals surface area contributed by atoms with Gasteiger partial charge < -0.3 is 10.1 Å². The van der Waals surface area contributed by atoms with Crippen molar-refractivity contribution in [1.29, 1.82) is 5.26 Å². The number of nitrogens with one attached hydrogen (secondary N) is 1. The first-order chi connectivity index (χ1) is 13.7. The Morgan fingerprint density at radius 3 is 2.71 bits per heavy atom. The number of hydrogen-bond donors (Lipinski definition) is 1. The van der Waals surface area contributed by atoms with Gasteiger partial charge in [0.15, 0.2) is 0 Å². The molecule has 136 valence electrons. The van der Waals surface area contributed by atoms with Gasteiger partial charge in [-0.15, -0.1) is 0 Å². The van der Waals surface area contributed by atoms with Crippen molar-refractivity contribution in [1.82, 2.24) is 9.38 Å². The number of aromatic nitrogens is 2. The number of methoxy groups -OCH3 is 1. The molecule has 0 fully saturated rings. The second-order valence-corrected chi connectivity index (χ2v) is 6.16. The quantitative estimate of drug-likeness (QED) is 0.587. The second kappa shape index (κ2) is 7.25. The summed E-state index contributed by atoms with van der Waals surface area (Å²) in [6, 6.07) is 19.9. The Bertz CT molecular complexity index is 1200. The average Bonchev–Trinajstić information content (AvgIpc) is 3.17. The highest BCUT2D eigenvalue weighted by molar-refractivity contribution is 6.04. The maximum absolute atomic E-state index is 12.4. The van der Waals surface area contributed by atoms with Gasteiger partial charge in [0, 0.05) is 29.1 Å². The molecule has 0 spiro atoms. The lowest BCUT2D eigenvalue weighted by Crippen LogP contribution is -2.11. The molecule has 0 saturated carbocycles. The molecular weight excluding hydrogens is 352 g/mol. The molecule has 4 aromatic rings. The summed E-state index contributed by atoms with van der Waals surface area (Å²) in [7, 11) is 1.62. The van der Waals surface area contributed by atoms with Crippen molar-refractivity contribution in [3.05, 3.63) is 84.2 Å². The molecule has 0 unspecified atom stereocenters. The van der Waals surface area contributed by atoms with E-state index in [1.807, 2.05) is 53.1 Å². The van der Waals surface area contributed by atoms with E-state index in [0.29, 0.717) is 16.8 Å². The van der Waals surface area contributed by atoms with Crippen LogP contribution in [0.4, 0.5) is 5.69 Å². The molecule has 1 N–H and O–H groups in total. The number of nitrogens with zero attached hydrogens (tertiary/aromatic N) is 3. The standard InChI is InChI=1S/C22H16N4O2/c1-28-19-9-10-26-20(14-24-21(26)12-19)16-5-7-18(8-6-16)25-22(27)17-4-2-3-15(11-17)13-23/h2-12,14H,1H3,(H,25,27). The third-order valence-electron chi connectivity index (χ3n) is 4.41. The summed E-state index contributed by atoms with van der Waals surface area (Å²) in [6.45, 7) is 0. The van der Waals surface area contributed by atoms with Gasteiger partial charge in [0.05, 0.1) is 30.6 Å². The lowest BCUT2D eigenvalue weighted by molar-refractivity contribution is 0.102. The molecule has 28 heavy (non-hydrogen) atoms. The van der Waals surface area contributed by atoms with Crippen LogP contribution < -0.4 is 10.1 Å². The predicted molar refractivity (Wildman–Crippen MR) is 106 cm³/mol. The normalized spacial score (nSPS) is 10.4. The number of carbonyl (C=O) groups excluding carboxylic acids is 1.